The summed E-state index contributed by atoms with van der Waals surface area (Å²) in [5, 5.41) is 2.96. The molecule has 3 aromatic heterocycles. The molecule has 5 rings (SSSR count). The van der Waals surface area contributed by atoms with E-state index in [1.807, 2.05) is 6.07 Å². The molecule has 0 radical (unpaired) electrons. The van der Waals surface area contributed by atoms with Gasteiger partial charge in [-0.05, 0) is 31.0 Å². The maximum absolute atomic E-state index is 12.5. The number of nitrogens with zero attached hydrogens (tertiary/aromatic N) is 5. The number of aromatic nitrogens is 4. The minimum absolute atomic E-state index is 0.165. The van der Waals surface area contributed by atoms with E-state index in [4.69, 9.17) is 5.73 Å². The van der Waals surface area contributed by atoms with Crippen molar-refractivity contribution in [1.82, 2.24) is 19.9 Å². The molecule has 0 amide bonds. The van der Waals surface area contributed by atoms with Crippen LogP contribution in [0.3, 0.4) is 0 Å². The summed E-state index contributed by atoms with van der Waals surface area (Å²) in [7, 11) is 0. The van der Waals surface area contributed by atoms with Gasteiger partial charge in [0.15, 0.2) is 5.82 Å². The van der Waals surface area contributed by atoms with Crippen LogP contribution < -0.4 is 20.7 Å². The minimum Gasteiger partial charge on any atom is -0.406 e. The summed E-state index contributed by atoms with van der Waals surface area (Å²) in [6.07, 6.45) is 1.76. The number of pyridine rings is 2. The van der Waals surface area contributed by atoms with Gasteiger partial charge in [0.25, 0.3) is 0 Å². The van der Waals surface area contributed by atoms with Gasteiger partial charge in [-0.3, -0.25) is 4.98 Å². The number of nitrogens with two attached hydrogens (primary N) is 1. The Hall–Kier alpha value is -3.47. The van der Waals surface area contributed by atoms with E-state index in [0.29, 0.717) is 11.6 Å². The Bertz CT molecular complexity index is 1110. The summed E-state index contributed by atoms with van der Waals surface area (Å²) >= 11 is 0. The second-order valence-corrected chi connectivity index (χ2v) is 8.25. The van der Waals surface area contributed by atoms with Crippen LogP contribution in [0.25, 0.3) is 11.4 Å². The zero-order valence-corrected chi connectivity index (χ0v) is 16.9. The highest BCUT2D eigenvalue weighted by molar-refractivity contribution is 5.65. The highest BCUT2D eigenvalue weighted by atomic mass is 19.4. The lowest BCUT2D eigenvalue weighted by molar-refractivity contribution is -0.274. The van der Waals surface area contributed by atoms with Crippen molar-refractivity contribution >= 4 is 17.5 Å². The largest absolute Gasteiger partial charge is 0.573 e. The zero-order valence-electron chi connectivity index (χ0n) is 16.9. The van der Waals surface area contributed by atoms with Crippen LogP contribution >= 0.6 is 0 Å². The number of halogens is 3. The van der Waals surface area contributed by atoms with E-state index in [9.17, 15) is 13.2 Å². The van der Waals surface area contributed by atoms with Crippen LogP contribution in [0.15, 0.2) is 48.9 Å². The number of alkyl halides is 3. The molecule has 3 N–H and O–H groups in total. The van der Waals surface area contributed by atoms with E-state index in [-0.39, 0.29) is 23.0 Å². The topological polar surface area (TPSA) is 102 Å². The van der Waals surface area contributed by atoms with Gasteiger partial charge in [-0.2, -0.15) is 0 Å². The molecule has 11 heteroatoms. The van der Waals surface area contributed by atoms with E-state index < -0.39 is 6.36 Å². The van der Waals surface area contributed by atoms with E-state index in [2.05, 4.69) is 34.9 Å². The third kappa shape index (κ3) is 4.28. The summed E-state index contributed by atoms with van der Waals surface area (Å²) in [5.41, 5.74) is 6.94. The Labute approximate surface area is 181 Å². The van der Waals surface area contributed by atoms with Gasteiger partial charge in [-0.1, -0.05) is 0 Å². The Morgan fingerprint density at radius 1 is 1.09 bits per heavy atom. The lowest BCUT2D eigenvalue weighted by Gasteiger charge is -2.58. The predicted octanol–water partition coefficient (Wildman–Crippen LogP) is 3.50. The fourth-order valence-electron chi connectivity index (χ4n) is 4.33. The Morgan fingerprint density at radius 3 is 2.59 bits per heavy atom. The molecule has 1 saturated carbocycles. The van der Waals surface area contributed by atoms with Crippen molar-refractivity contribution in [3.05, 3.63) is 48.9 Å². The van der Waals surface area contributed by atoms with Gasteiger partial charge in [-0.25, -0.2) is 15.0 Å². The van der Waals surface area contributed by atoms with Crippen molar-refractivity contribution in [1.29, 1.82) is 0 Å². The molecule has 1 saturated heterocycles. The minimum atomic E-state index is -4.79. The molecule has 2 fully saturated rings. The monoisotopic (exact) mass is 443 g/mol. The third-order valence-corrected chi connectivity index (χ3v) is 5.62. The summed E-state index contributed by atoms with van der Waals surface area (Å²) in [6.45, 7) is 1.72. The summed E-state index contributed by atoms with van der Waals surface area (Å²) in [4.78, 5) is 19.5. The molecular weight excluding hydrogens is 423 g/mol. The second kappa shape index (κ2) is 7.59. The molecule has 2 aliphatic rings. The highest BCUT2D eigenvalue weighted by Crippen LogP contribution is 2.48. The standard InChI is InChI=1S/C21H20F3N7O/c22-21(23,24)32-15-3-5-27-16(6-15)28-17-7-18(31-11-20(12-31)8-14(25)9-20)30-19(29-17)13-2-1-4-26-10-13/h1-7,10,14H,8-9,11-12,25H2,(H,27,28,29,30). The average molecular weight is 443 g/mol. The molecule has 0 bridgehead atoms. The first kappa shape index (κ1) is 20.4. The summed E-state index contributed by atoms with van der Waals surface area (Å²) in [6, 6.07) is 7.94. The van der Waals surface area contributed by atoms with Crippen molar-refractivity contribution in [2.45, 2.75) is 25.2 Å². The number of anilines is 3. The van der Waals surface area contributed by atoms with Crippen molar-refractivity contribution in [3.8, 4) is 17.1 Å². The maximum Gasteiger partial charge on any atom is 0.573 e. The molecular formula is C21H20F3N7O. The molecule has 1 aliphatic heterocycles. The summed E-state index contributed by atoms with van der Waals surface area (Å²) in [5.74, 6) is 1.36. The first-order valence-corrected chi connectivity index (χ1v) is 10.1. The maximum atomic E-state index is 12.5. The molecule has 0 aromatic carbocycles. The smallest absolute Gasteiger partial charge is 0.406 e. The molecule has 3 aromatic rings. The van der Waals surface area contributed by atoms with Crippen LogP contribution in [0.5, 0.6) is 5.75 Å². The Morgan fingerprint density at radius 2 is 1.91 bits per heavy atom. The fourth-order valence-corrected chi connectivity index (χ4v) is 4.33. The quantitative estimate of drug-likeness (QED) is 0.618. The van der Waals surface area contributed by atoms with Crippen molar-refractivity contribution in [2.24, 2.45) is 11.1 Å². The van der Waals surface area contributed by atoms with Gasteiger partial charge in [0.1, 0.15) is 23.2 Å². The molecule has 8 nitrogen and oxygen atoms in total. The van der Waals surface area contributed by atoms with Crippen molar-refractivity contribution < 1.29 is 17.9 Å². The first-order chi connectivity index (χ1) is 15.3. The number of nitrogens with one attached hydrogen (secondary N) is 1. The van der Waals surface area contributed by atoms with E-state index in [0.717, 1.165) is 49.4 Å². The van der Waals surface area contributed by atoms with E-state index in [1.165, 1.54) is 6.20 Å². The number of rotatable bonds is 5. The summed E-state index contributed by atoms with van der Waals surface area (Å²) < 4.78 is 41.6. The van der Waals surface area contributed by atoms with E-state index in [1.54, 1.807) is 24.5 Å². The molecule has 166 valence electrons. The van der Waals surface area contributed by atoms with Gasteiger partial charge in [0, 0.05) is 60.8 Å². The fraction of sp³-hybridized carbons (Fsp3) is 0.333. The SMILES string of the molecule is NC1CC2(C1)CN(c1cc(Nc3cc(OC(F)(F)F)ccn3)nc(-c3cccnc3)n1)C2. The van der Waals surface area contributed by atoms with Crippen LogP contribution in [0.4, 0.5) is 30.6 Å². The molecule has 1 aliphatic carbocycles. The van der Waals surface area contributed by atoms with Crippen molar-refractivity contribution in [3.63, 3.8) is 0 Å². The highest BCUT2D eigenvalue weighted by Gasteiger charge is 2.51. The predicted molar refractivity (Wildman–Crippen MR) is 111 cm³/mol. The molecule has 32 heavy (non-hydrogen) atoms. The van der Waals surface area contributed by atoms with Crippen LogP contribution in [0.2, 0.25) is 0 Å². The van der Waals surface area contributed by atoms with Crippen LogP contribution in [-0.2, 0) is 0 Å². The van der Waals surface area contributed by atoms with E-state index >= 15 is 0 Å². The van der Waals surface area contributed by atoms with Gasteiger partial charge in [-0.15, -0.1) is 13.2 Å². The molecule has 4 heterocycles. The van der Waals surface area contributed by atoms with Gasteiger partial charge in [0.05, 0.1) is 0 Å². The molecule has 1 spiro atoms. The van der Waals surface area contributed by atoms with Crippen LogP contribution in [0, 0.1) is 5.41 Å². The Balaban J connectivity index is 1.42. The van der Waals surface area contributed by atoms with Crippen LogP contribution in [0.1, 0.15) is 12.8 Å². The van der Waals surface area contributed by atoms with Gasteiger partial charge in [0.2, 0.25) is 0 Å². The van der Waals surface area contributed by atoms with Gasteiger partial charge < -0.3 is 20.7 Å². The lowest BCUT2D eigenvalue weighted by Crippen LogP contribution is -2.65. The lowest BCUT2D eigenvalue weighted by atomic mass is 9.61. The third-order valence-electron chi connectivity index (χ3n) is 5.62. The molecule has 0 atom stereocenters. The number of ether oxygens (including phenoxy) is 1. The van der Waals surface area contributed by atoms with Gasteiger partial charge >= 0.3 is 6.36 Å². The average Bonchev–Trinajstić information content (AvgIpc) is 2.69. The first-order valence-electron chi connectivity index (χ1n) is 10.1. The van der Waals surface area contributed by atoms with Crippen molar-refractivity contribution in [2.75, 3.05) is 23.3 Å². The zero-order chi connectivity index (χ0) is 22.3. The van der Waals surface area contributed by atoms with Crippen LogP contribution in [-0.4, -0.2) is 45.4 Å². The second-order valence-electron chi connectivity index (χ2n) is 8.25. The molecule has 0 unspecified atom stereocenters. The Kier molecular flexibility index (Phi) is 4.85. The normalized spacial score (nSPS) is 17.6. The number of hydrogen-bond acceptors (Lipinski definition) is 8. The number of hydrogen-bond donors (Lipinski definition) is 2.